The maximum absolute atomic E-state index is 12.3. The van der Waals surface area contributed by atoms with Gasteiger partial charge in [-0.2, -0.15) is 0 Å². The first-order valence-corrected chi connectivity index (χ1v) is 9.84. The summed E-state index contributed by atoms with van der Waals surface area (Å²) in [5.41, 5.74) is 6.29. The standard InChI is InChI=1S/C23H30N2O5/c1-7-29-19-13-8-16(14-20(19)28-6)22(27)25-24-21(26)15(2)30-18-11-9-17(10-12-18)23(3,4)5/h8-15H,7H2,1-6H3,(H,24,26)(H,25,27)/t15-/m0/s1. The predicted octanol–water partition coefficient (Wildman–Crippen LogP) is 3.62. The maximum atomic E-state index is 12.3. The summed E-state index contributed by atoms with van der Waals surface area (Å²) in [4.78, 5) is 24.6. The van der Waals surface area contributed by atoms with Gasteiger partial charge in [-0.25, -0.2) is 0 Å². The van der Waals surface area contributed by atoms with Gasteiger partial charge in [-0.1, -0.05) is 32.9 Å². The highest BCUT2D eigenvalue weighted by molar-refractivity contribution is 5.96. The lowest BCUT2D eigenvalue weighted by atomic mass is 9.87. The molecule has 0 aliphatic heterocycles. The quantitative estimate of drug-likeness (QED) is 0.676. The van der Waals surface area contributed by atoms with E-state index in [0.29, 0.717) is 29.4 Å². The molecule has 2 amide bonds. The lowest BCUT2D eigenvalue weighted by Gasteiger charge is -2.20. The van der Waals surface area contributed by atoms with Gasteiger partial charge in [-0.15, -0.1) is 0 Å². The van der Waals surface area contributed by atoms with E-state index in [4.69, 9.17) is 14.2 Å². The van der Waals surface area contributed by atoms with Crippen molar-refractivity contribution in [3.8, 4) is 17.2 Å². The Morgan fingerprint density at radius 1 is 1.00 bits per heavy atom. The monoisotopic (exact) mass is 414 g/mol. The number of amides is 2. The summed E-state index contributed by atoms with van der Waals surface area (Å²) in [6.45, 7) is 10.3. The SMILES string of the molecule is CCOc1ccc(C(=O)NNC(=O)[C@H](C)Oc2ccc(C(C)(C)C)cc2)cc1OC. The zero-order chi connectivity index (χ0) is 22.3. The molecule has 0 radical (unpaired) electrons. The van der Waals surface area contributed by atoms with Gasteiger partial charge < -0.3 is 14.2 Å². The minimum atomic E-state index is -0.791. The number of methoxy groups -OCH3 is 1. The average molecular weight is 415 g/mol. The molecule has 2 N–H and O–H groups in total. The Kier molecular flexibility index (Phi) is 7.69. The molecule has 7 nitrogen and oxygen atoms in total. The highest BCUT2D eigenvalue weighted by Crippen LogP contribution is 2.28. The van der Waals surface area contributed by atoms with E-state index >= 15 is 0 Å². The van der Waals surface area contributed by atoms with Crippen molar-refractivity contribution in [3.05, 3.63) is 53.6 Å². The third-order valence-electron chi connectivity index (χ3n) is 4.43. The van der Waals surface area contributed by atoms with Gasteiger partial charge in [-0.3, -0.25) is 20.4 Å². The Morgan fingerprint density at radius 2 is 1.67 bits per heavy atom. The second-order valence-corrected chi connectivity index (χ2v) is 7.78. The van der Waals surface area contributed by atoms with Gasteiger partial charge in [0.15, 0.2) is 17.6 Å². The molecule has 2 aromatic carbocycles. The van der Waals surface area contributed by atoms with Gasteiger partial charge in [0.05, 0.1) is 13.7 Å². The molecule has 0 saturated heterocycles. The van der Waals surface area contributed by atoms with Gasteiger partial charge in [0.1, 0.15) is 5.75 Å². The van der Waals surface area contributed by atoms with Crippen LogP contribution in [-0.2, 0) is 10.2 Å². The highest BCUT2D eigenvalue weighted by Gasteiger charge is 2.18. The largest absolute Gasteiger partial charge is 0.493 e. The van der Waals surface area contributed by atoms with E-state index in [1.807, 2.05) is 31.2 Å². The number of hydrogen-bond donors (Lipinski definition) is 2. The number of hydrogen-bond acceptors (Lipinski definition) is 5. The Labute approximate surface area is 177 Å². The molecule has 0 aliphatic carbocycles. The van der Waals surface area contributed by atoms with Gasteiger partial charge in [0.25, 0.3) is 11.8 Å². The summed E-state index contributed by atoms with van der Waals surface area (Å²) in [5, 5.41) is 0. The van der Waals surface area contributed by atoms with Crippen LogP contribution in [0.15, 0.2) is 42.5 Å². The first kappa shape index (κ1) is 23.1. The van der Waals surface area contributed by atoms with Crippen molar-refractivity contribution < 1.29 is 23.8 Å². The summed E-state index contributed by atoms with van der Waals surface area (Å²) in [5.74, 6) is 0.604. The third kappa shape index (κ3) is 6.14. The minimum absolute atomic E-state index is 0.0371. The van der Waals surface area contributed by atoms with E-state index in [-0.39, 0.29) is 5.41 Å². The second kappa shape index (κ2) is 10.0. The number of rotatable bonds is 7. The van der Waals surface area contributed by atoms with Crippen molar-refractivity contribution in [2.45, 2.75) is 46.1 Å². The molecule has 1 atom stereocenters. The third-order valence-corrected chi connectivity index (χ3v) is 4.43. The van der Waals surface area contributed by atoms with E-state index in [0.717, 1.165) is 0 Å². The van der Waals surface area contributed by atoms with Crippen molar-refractivity contribution >= 4 is 11.8 Å². The maximum Gasteiger partial charge on any atom is 0.279 e. The molecule has 0 saturated carbocycles. The summed E-state index contributed by atoms with van der Waals surface area (Å²) in [6.07, 6.45) is -0.791. The van der Waals surface area contributed by atoms with Crippen molar-refractivity contribution in [1.29, 1.82) is 0 Å². The summed E-state index contributed by atoms with van der Waals surface area (Å²) >= 11 is 0. The molecule has 0 spiro atoms. The van der Waals surface area contributed by atoms with Crippen LogP contribution in [0.3, 0.4) is 0 Å². The Bertz CT molecular complexity index is 872. The van der Waals surface area contributed by atoms with Gasteiger partial charge in [-0.05, 0) is 55.2 Å². The molecular formula is C23H30N2O5. The number of ether oxygens (including phenoxy) is 3. The lowest BCUT2D eigenvalue weighted by molar-refractivity contribution is -0.128. The molecule has 0 bridgehead atoms. The zero-order valence-corrected chi connectivity index (χ0v) is 18.4. The fourth-order valence-corrected chi connectivity index (χ4v) is 2.67. The van der Waals surface area contributed by atoms with Crippen LogP contribution in [0, 0.1) is 0 Å². The van der Waals surface area contributed by atoms with Gasteiger partial charge >= 0.3 is 0 Å². The molecule has 30 heavy (non-hydrogen) atoms. The van der Waals surface area contributed by atoms with Crippen LogP contribution in [0.25, 0.3) is 0 Å². The summed E-state index contributed by atoms with van der Waals surface area (Å²) in [6, 6.07) is 12.4. The molecule has 162 valence electrons. The van der Waals surface area contributed by atoms with E-state index in [9.17, 15) is 9.59 Å². The summed E-state index contributed by atoms with van der Waals surface area (Å²) in [7, 11) is 1.49. The van der Waals surface area contributed by atoms with Crippen LogP contribution >= 0.6 is 0 Å². The number of nitrogens with one attached hydrogen (secondary N) is 2. The fraction of sp³-hybridized carbons (Fsp3) is 0.391. The first-order valence-electron chi connectivity index (χ1n) is 9.84. The van der Waals surface area contributed by atoms with Crippen LogP contribution < -0.4 is 25.1 Å². The van der Waals surface area contributed by atoms with Crippen molar-refractivity contribution in [2.24, 2.45) is 0 Å². The van der Waals surface area contributed by atoms with Crippen LogP contribution in [0.1, 0.15) is 50.5 Å². The second-order valence-electron chi connectivity index (χ2n) is 7.78. The van der Waals surface area contributed by atoms with E-state index in [2.05, 4.69) is 31.6 Å². The Morgan fingerprint density at radius 3 is 2.23 bits per heavy atom. The number of carbonyl (C=O) groups excluding carboxylic acids is 2. The van der Waals surface area contributed by atoms with E-state index < -0.39 is 17.9 Å². The van der Waals surface area contributed by atoms with Crippen LogP contribution in [-0.4, -0.2) is 31.6 Å². The summed E-state index contributed by atoms with van der Waals surface area (Å²) < 4.78 is 16.3. The van der Waals surface area contributed by atoms with Crippen LogP contribution in [0.4, 0.5) is 0 Å². The van der Waals surface area contributed by atoms with E-state index in [1.54, 1.807) is 25.1 Å². The molecule has 0 heterocycles. The van der Waals surface area contributed by atoms with Crippen molar-refractivity contribution in [1.82, 2.24) is 10.9 Å². The fourth-order valence-electron chi connectivity index (χ4n) is 2.67. The predicted molar refractivity (Wildman–Crippen MR) is 115 cm³/mol. The smallest absolute Gasteiger partial charge is 0.279 e. The molecule has 7 heteroatoms. The van der Waals surface area contributed by atoms with Crippen molar-refractivity contribution in [3.63, 3.8) is 0 Å². The average Bonchev–Trinajstić information content (AvgIpc) is 2.71. The minimum Gasteiger partial charge on any atom is -0.493 e. The van der Waals surface area contributed by atoms with Gasteiger partial charge in [0, 0.05) is 5.56 Å². The first-order chi connectivity index (χ1) is 14.2. The van der Waals surface area contributed by atoms with Gasteiger partial charge in [0.2, 0.25) is 0 Å². The van der Waals surface area contributed by atoms with Crippen molar-refractivity contribution in [2.75, 3.05) is 13.7 Å². The molecule has 0 fully saturated rings. The molecule has 2 rings (SSSR count). The van der Waals surface area contributed by atoms with Crippen LogP contribution in [0.5, 0.6) is 17.2 Å². The van der Waals surface area contributed by atoms with E-state index in [1.165, 1.54) is 12.7 Å². The molecule has 0 unspecified atom stereocenters. The molecule has 0 aromatic heterocycles. The van der Waals surface area contributed by atoms with Crippen LogP contribution in [0.2, 0.25) is 0 Å². The molecule has 2 aromatic rings. The number of hydrazine groups is 1. The Hall–Kier alpha value is -3.22. The zero-order valence-electron chi connectivity index (χ0n) is 18.4. The molecule has 0 aliphatic rings. The number of carbonyl (C=O) groups is 2. The lowest BCUT2D eigenvalue weighted by Crippen LogP contribution is -2.47. The normalized spacial score (nSPS) is 11.9. The molecular weight excluding hydrogens is 384 g/mol. The topological polar surface area (TPSA) is 85.9 Å². The highest BCUT2D eigenvalue weighted by atomic mass is 16.5. The Balaban J connectivity index is 1.92. The number of benzene rings is 2.